The molecule has 0 aromatic carbocycles. The van der Waals surface area contributed by atoms with Crippen LogP contribution in [0.2, 0.25) is 0 Å². The van der Waals surface area contributed by atoms with Crippen LogP contribution in [0.1, 0.15) is 25.7 Å². The van der Waals surface area contributed by atoms with Gasteiger partial charge in [0.25, 0.3) is 0 Å². The summed E-state index contributed by atoms with van der Waals surface area (Å²) in [6, 6.07) is 0. The van der Waals surface area contributed by atoms with Crippen LogP contribution in [0.4, 0.5) is 0 Å². The number of rotatable bonds is 0. The molecule has 1 saturated carbocycles. The molecule has 0 spiro atoms. The molecule has 0 radical (unpaired) electrons. The van der Waals surface area contributed by atoms with E-state index in [0.717, 1.165) is 11.8 Å². The van der Waals surface area contributed by atoms with Crippen LogP contribution < -0.4 is 0 Å². The van der Waals surface area contributed by atoms with Crippen molar-refractivity contribution in [2.24, 2.45) is 11.8 Å². The molecule has 2 rings (SSSR count). The third kappa shape index (κ3) is 1.48. The molecular weight excluding hydrogens is 160 g/mol. The van der Waals surface area contributed by atoms with Crippen LogP contribution in [-0.2, 0) is 0 Å². The van der Waals surface area contributed by atoms with Crippen molar-refractivity contribution in [3.05, 3.63) is 0 Å². The second-order valence-corrected chi connectivity index (χ2v) is 5.93. The summed E-state index contributed by atoms with van der Waals surface area (Å²) in [7, 11) is 4.19. The predicted octanol–water partition coefficient (Wildman–Crippen LogP) is 3.19. The maximum absolute atomic E-state index is 2.10. The van der Waals surface area contributed by atoms with Crippen LogP contribution in [0.25, 0.3) is 0 Å². The van der Waals surface area contributed by atoms with Crippen molar-refractivity contribution in [1.82, 2.24) is 0 Å². The first-order chi connectivity index (χ1) is 4.97. The molecule has 0 amide bonds. The van der Waals surface area contributed by atoms with E-state index in [1.54, 1.807) is 0 Å². The van der Waals surface area contributed by atoms with Crippen molar-refractivity contribution < 1.29 is 0 Å². The number of hydrogen-bond donors (Lipinski definition) is 0. The minimum absolute atomic E-state index is 1.10. The quantitative estimate of drug-likeness (QED) is 0.517. The summed E-state index contributed by atoms with van der Waals surface area (Å²) in [4.78, 5) is 0. The van der Waals surface area contributed by atoms with Crippen LogP contribution in [0.15, 0.2) is 0 Å². The lowest BCUT2D eigenvalue weighted by atomic mass is 9.81. The summed E-state index contributed by atoms with van der Waals surface area (Å²) in [6.07, 6.45) is 6.06. The van der Waals surface area contributed by atoms with Gasteiger partial charge < -0.3 is 0 Å². The molecule has 0 aromatic heterocycles. The van der Waals surface area contributed by atoms with Crippen LogP contribution in [0, 0.1) is 11.8 Å². The first-order valence-corrected chi connectivity index (χ1v) is 6.70. The molecule has 0 bridgehead atoms. The summed E-state index contributed by atoms with van der Waals surface area (Å²) < 4.78 is 0. The van der Waals surface area contributed by atoms with Gasteiger partial charge >= 0.3 is 0 Å². The zero-order valence-electron chi connectivity index (χ0n) is 6.21. The second kappa shape index (κ2) is 3.40. The van der Waals surface area contributed by atoms with Crippen LogP contribution >= 0.6 is 21.6 Å². The molecule has 2 aliphatic rings. The fourth-order valence-corrected chi connectivity index (χ4v) is 5.04. The Bertz CT molecular complexity index is 87.8. The lowest BCUT2D eigenvalue weighted by Gasteiger charge is -2.34. The molecule has 58 valence electrons. The van der Waals surface area contributed by atoms with Gasteiger partial charge in [-0.1, -0.05) is 34.4 Å². The highest BCUT2D eigenvalue weighted by Gasteiger charge is 2.27. The molecule has 1 aliphatic heterocycles. The third-order valence-electron chi connectivity index (χ3n) is 2.71. The van der Waals surface area contributed by atoms with E-state index in [1.165, 1.54) is 37.2 Å². The molecule has 2 atom stereocenters. The van der Waals surface area contributed by atoms with Crippen molar-refractivity contribution >= 4 is 21.6 Å². The van der Waals surface area contributed by atoms with Gasteiger partial charge in [0, 0.05) is 11.5 Å². The van der Waals surface area contributed by atoms with E-state index < -0.39 is 0 Å². The minimum Gasteiger partial charge on any atom is -0.0938 e. The molecule has 10 heavy (non-hydrogen) atoms. The lowest BCUT2D eigenvalue weighted by molar-refractivity contribution is 0.286. The van der Waals surface area contributed by atoms with E-state index in [0.29, 0.717) is 0 Å². The van der Waals surface area contributed by atoms with Crippen LogP contribution in [0.3, 0.4) is 0 Å². The van der Waals surface area contributed by atoms with Crippen LogP contribution in [-0.4, -0.2) is 11.5 Å². The molecule has 0 nitrogen and oxygen atoms in total. The fraction of sp³-hybridized carbons (Fsp3) is 1.00. The lowest BCUT2D eigenvalue weighted by Crippen LogP contribution is -2.25. The molecule has 1 aliphatic carbocycles. The van der Waals surface area contributed by atoms with Gasteiger partial charge in [-0.3, -0.25) is 0 Å². The zero-order valence-corrected chi connectivity index (χ0v) is 7.85. The first-order valence-electron chi connectivity index (χ1n) is 4.21. The summed E-state index contributed by atoms with van der Waals surface area (Å²) in [5, 5.41) is 0. The maximum atomic E-state index is 2.10. The van der Waals surface area contributed by atoms with Gasteiger partial charge in [-0.15, -0.1) is 0 Å². The van der Waals surface area contributed by atoms with Crippen molar-refractivity contribution in [1.29, 1.82) is 0 Å². The van der Waals surface area contributed by atoms with Crippen molar-refractivity contribution in [2.45, 2.75) is 25.7 Å². The van der Waals surface area contributed by atoms with E-state index in [1.807, 2.05) is 0 Å². The highest BCUT2D eigenvalue weighted by molar-refractivity contribution is 8.76. The Morgan fingerprint density at radius 3 is 1.80 bits per heavy atom. The highest BCUT2D eigenvalue weighted by atomic mass is 33.1. The molecule has 0 N–H and O–H groups in total. The molecule has 0 aromatic rings. The van der Waals surface area contributed by atoms with Gasteiger partial charge in [0.15, 0.2) is 0 Å². The zero-order chi connectivity index (χ0) is 6.81. The monoisotopic (exact) mass is 174 g/mol. The van der Waals surface area contributed by atoms with Gasteiger partial charge in [0.1, 0.15) is 0 Å². The van der Waals surface area contributed by atoms with E-state index in [-0.39, 0.29) is 0 Å². The Morgan fingerprint density at radius 2 is 1.30 bits per heavy atom. The molecular formula is C8H14S2. The normalized spacial score (nSPS) is 40.8. The third-order valence-corrected chi connectivity index (χ3v) is 5.33. The highest BCUT2D eigenvalue weighted by Crippen LogP contribution is 2.43. The Kier molecular flexibility index (Phi) is 2.50. The fourth-order valence-electron chi connectivity index (χ4n) is 1.99. The molecule has 2 fully saturated rings. The number of fused-ring (bicyclic) bond motifs is 1. The molecule has 2 heteroatoms. The Balaban J connectivity index is 1.93. The van der Waals surface area contributed by atoms with Gasteiger partial charge in [-0.25, -0.2) is 0 Å². The Labute approximate surface area is 70.9 Å². The first kappa shape index (κ1) is 7.35. The number of hydrogen-bond acceptors (Lipinski definition) is 2. The standard InChI is InChI=1S/C8H14S2/c1-2-4-8-6-10-9-5-7(8)3-1/h7-8H,1-6H2/t7-,8-/m0/s1. The van der Waals surface area contributed by atoms with Gasteiger partial charge in [-0.05, 0) is 24.7 Å². The molecule has 1 saturated heterocycles. The van der Waals surface area contributed by atoms with Crippen molar-refractivity contribution in [3.8, 4) is 0 Å². The second-order valence-electron chi connectivity index (χ2n) is 3.37. The van der Waals surface area contributed by atoms with Gasteiger partial charge in [-0.2, -0.15) is 0 Å². The summed E-state index contributed by atoms with van der Waals surface area (Å²) in [5.74, 6) is 5.07. The smallest absolute Gasteiger partial charge is 0.00682 e. The minimum atomic E-state index is 1.10. The molecule has 1 heterocycles. The average Bonchev–Trinajstić information content (AvgIpc) is 2.05. The van der Waals surface area contributed by atoms with Gasteiger partial charge in [0.2, 0.25) is 0 Å². The van der Waals surface area contributed by atoms with E-state index >= 15 is 0 Å². The predicted molar refractivity (Wildman–Crippen MR) is 50.4 cm³/mol. The van der Waals surface area contributed by atoms with E-state index in [4.69, 9.17) is 0 Å². The maximum Gasteiger partial charge on any atom is 0.00682 e. The Hall–Kier alpha value is 0.700. The van der Waals surface area contributed by atoms with E-state index in [2.05, 4.69) is 21.6 Å². The van der Waals surface area contributed by atoms with Gasteiger partial charge in [0.05, 0.1) is 0 Å². The summed E-state index contributed by atoms with van der Waals surface area (Å²) in [5.41, 5.74) is 0. The average molecular weight is 174 g/mol. The summed E-state index contributed by atoms with van der Waals surface area (Å²) >= 11 is 0. The largest absolute Gasteiger partial charge is 0.0938 e. The van der Waals surface area contributed by atoms with Crippen molar-refractivity contribution in [2.75, 3.05) is 11.5 Å². The SMILES string of the molecule is C1CC[C@H]2CSSC[C@@H]2C1. The summed E-state index contributed by atoms with van der Waals surface area (Å²) in [6.45, 7) is 0. The van der Waals surface area contributed by atoms with Crippen molar-refractivity contribution in [3.63, 3.8) is 0 Å². The van der Waals surface area contributed by atoms with Crippen LogP contribution in [0.5, 0.6) is 0 Å². The molecule has 0 unspecified atom stereocenters. The van der Waals surface area contributed by atoms with E-state index in [9.17, 15) is 0 Å². The Morgan fingerprint density at radius 1 is 0.800 bits per heavy atom. The topological polar surface area (TPSA) is 0 Å².